The highest BCUT2D eigenvalue weighted by molar-refractivity contribution is 7.89. The standard InChI is InChI=1S/C15H22N4O5S.ClH/c1-17-25(22,23)12-4-2-3-10(7-12)19-14(20)9-18-15(21)13-6-5-11(8-16)24-13;/h2-4,7,11,13,17H,5-6,8-9,16H2,1H3,(H,18,21)(H,19,20);1H/t11-,13+;/m1./s1. The minimum atomic E-state index is -3.60. The zero-order valence-corrected chi connectivity index (χ0v) is 15.9. The van der Waals surface area contributed by atoms with Crippen molar-refractivity contribution in [3.8, 4) is 0 Å². The molecular weight excluding hydrogens is 384 g/mol. The minimum absolute atomic E-state index is 0. The molecule has 1 aliphatic heterocycles. The van der Waals surface area contributed by atoms with Gasteiger partial charge in [-0.3, -0.25) is 9.59 Å². The number of halogens is 1. The molecule has 0 saturated carbocycles. The van der Waals surface area contributed by atoms with Crippen LogP contribution in [0.1, 0.15) is 12.8 Å². The molecule has 1 aliphatic rings. The smallest absolute Gasteiger partial charge is 0.249 e. The molecule has 146 valence electrons. The number of rotatable bonds is 7. The molecule has 2 rings (SSSR count). The summed E-state index contributed by atoms with van der Waals surface area (Å²) in [6, 6.07) is 5.81. The van der Waals surface area contributed by atoms with Gasteiger partial charge in [-0.2, -0.15) is 0 Å². The summed E-state index contributed by atoms with van der Waals surface area (Å²) in [6.07, 6.45) is 0.569. The Bertz CT molecular complexity index is 743. The second-order valence-corrected chi connectivity index (χ2v) is 7.45. The van der Waals surface area contributed by atoms with Crippen molar-refractivity contribution in [1.82, 2.24) is 10.0 Å². The van der Waals surface area contributed by atoms with E-state index in [2.05, 4.69) is 15.4 Å². The summed E-state index contributed by atoms with van der Waals surface area (Å²) in [4.78, 5) is 23.9. The van der Waals surface area contributed by atoms with Crippen LogP contribution in [0.2, 0.25) is 0 Å². The lowest BCUT2D eigenvalue weighted by molar-refractivity contribution is -0.133. The molecule has 1 aromatic carbocycles. The molecule has 0 bridgehead atoms. The summed E-state index contributed by atoms with van der Waals surface area (Å²) in [5.41, 5.74) is 5.80. The zero-order chi connectivity index (χ0) is 18.4. The number of carbonyl (C=O) groups is 2. The highest BCUT2D eigenvalue weighted by Crippen LogP contribution is 2.19. The van der Waals surface area contributed by atoms with Crippen LogP contribution in [0.25, 0.3) is 0 Å². The third-order valence-corrected chi connectivity index (χ3v) is 5.19. The Morgan fingerprint density at radius 3 is 2.65 bits per heavy atom. The van der Waals surface area contributed by atoms with E-state index in [-0.39, 0.29) is 35.9 Å². The molecule has 1 saturated heterocycles. The first kappa shape index (κ1) is 22.3. The van der Waals surface area contributed by atoms with Crippen LogP contribution in [-0.4, -0.2) is 52.6 Å². The summed E-state index contributed by atoms with van der Waals surface area (Å²) in [5.74, 6) is -0.835. The van der Waals surface area contributed by atoms with Crippen molar-refractivity contribution in [3.63, 3.8) is 0 Å². The lowest BCUT2D eigenvalue weighted by Gasteiger charge is -2.13. The molecule has 1 aromatic rings. The van der Waals surface area contributed by atoms with Crippen LogP contribution in [-0.2, 0) is 24.3 Å². The van der Waals surface area contributed by atoms with E-state index in [4.69, 9.17) is 10.5 Å². The third-order valence-electron chi connectivity index (χ3n) is 3.78. The lowest BCUT2D eigenvalue weighted by Crippen LogP contribution is -2.39. The predicted molar refractivity (Wildman–Crippen MR) is 98.5 cm³/mol. The number of amides is 2. The van der Waals surface area contributed by atoms with Crippen LogP contribution in [0.3, 0.4) is 0 Å². The van der Waals surface area contributed by atoms with E-state index in [1.54, 1.807) is 6.07 Å². The van der Waals surface area contributed by atoms with Crippen LogP contribution in [0.4, 0.5) is 5.69 Å². The fourth-order valence-electron chi connectivity index (χ4n) is 2.42. The number of carbonyl (C=O) groups excluding carboxylic acids is 2. The van der Waals surface area contributed by atoms with Gasteiger partial charge in [0.15, 0.2) is 0 Å². The van der Waals surface area contributed by atoms with Gasteiger partial charge in [0.1, 0.15) is 6.10 Å². The maximum atomic E-state index is 11.9. The molecule has 5 N–H and O–H groups in total. The minimum Gasteiger partial charge on any atom is -0.364 e. The van der Waals surface area contributed by atoms with Crippen LogP contribution in [0.15, 0.2) is 29.2 Å². The van der Waals surface area contributed by atoms with E-state index in [1.165, 1.54) is 25.2 Å². The lowest BCUT2D eigenvalue weighted by atomic mass is 10.2. The number of hydrogen-bond donors (Lipinski definition) is 4. The summed E-state index contributed by atoms with van der Waals surface area (Å²) in [7, 11) is -2.30. The Labute approximate surface area is 158 Å². The molecule has 2 atom stereocenters. The molecule has 26 heavy (non-hydrogen) atoms. The number of nitrogens with one attached hydrogen (secondary N) is 3. The monoisotopic (exact) mass is 406 g/mol. The van der Waals surface area contributed by atoms with Gasteiger partial charge in [0.05, 0.1) is 17.5 Å². The normalized spacial score (nSPS) is 19.5. The average Bonchev–Trinajstić information content (AvgIpc) is 3.09. The van der Waals surface area contributed by atoms with Crippen molar-refractivity contribution in [1.29, 1.82) is 0 Å². The molecule has 0 aromatic heterocycles. The molecule has 0 unspecified atom stereocenters. The van der Waals surface area contributed by atoms with Crippen LogP contribution >= 0.6 is 12.4 Å². The first-order valence-corrected chi connectivity index (χ1v) is 9.30. The zero-order valence-electron chi connectivity index (χ0n) is 14.2. The molecule has 0 aliphatic carbocycles. The average molecular weight is 407 g/mol. The maximum absolute atomic E-state index is 11.9. The number of sulfonamides is 1. The Kier molecular flexibility index (Phi) is 8.44. The quantitative estimate of drug-likeness (QED) is 0.484. The summed E-state index contributed by atoms with van der Waals surface area (Å²) < 4.78 is 31.1. The first-order chi connectivity index (χ1) is 11.9. The van der Waals surface area contributed by atoms with E-state index in [0.29, 0.717) is 25.1 Å². The summed E-state index contributed by atoms with van der Waals surface area (Å²) in [6.45, 7) is 0.116. The van der Waals surface area contributed by atoms with E-state index >= 15 is 0 Å². The van der Waals surface area contributed by atoms with E-state index in [9.17, 15) is 18.0 Å². The Morgan fingerprint density at radius 2 is 2.04 bits per heavy atom. The van der Waals surface area contributed by atoms with E-state index < -0.39 is 22.0 Å². The molecule has 2 amide bonds. The van der Waals surface area contributed by atoms with Crippen LogP contribution in [0, 0.1) is 0 Å². The second-order valence-electron chi connectivity index (χ2n) is 5.56. The maximum Gasteiger partial charge on any atom is 0.249 e. The molecule has 11 heteroatoms. The molecular formula is C15H23ClN4O5S. The van der Waals surface area contributed by atoms with Crippen molar-refractivity contribution < 1.29 is 22.7 Å². The first-order valence-electron chi connectivity index (χ1n) is 7.82. The molecule has 0 radical (unpaired) electrons. The summed E-state index contributed by atoms with van der Waals surface area (Å²) >= 11 is 0. The van der Waals surface area contributed by atoms with Gasteiger partial charge in [0.2, 0.25) is 21.8 Å². The van der Waals surface area contributed by atoms with Gasteiger partial charge in [0, 0.05) is 12.2 Å². The Hall–Kier alpha value is -1.72. The van der Waals surface area contributed by atoms with Crippen LogP contribution in [0.5, 0.6) is 0 Å². The van der Waals surface area contributed by atoms with Crippen molar-refractivity contribution in [2.24, 2.45) is 5.73 Å². The largest absolute Gasteiger partial charge is 0.364 e. The second kappa shape index (κ2) is 9.83. The number of anilines is 1. The topological polar surface area (TPSA) is 140 Å². The molecule has 9 nitrogen and oxygen atoms in total. The van der Waals surface area contributed by atoms with Crippen molar-refractivity contribution in [3.05, 3.63) is 24.3 Å². The molecule has 1 fully saturated rings. The van der Waals surface area contributed by atoms with Gasteiger partial charge in [-0.25, -0.2) is 13.1 Å². The Morgan fingerprint density at radius 1 is 1.31 bits per heavy atom. The molecule has 0 spiro atoms. The fourth-order valence-corrected chi connectivity index (χ4v) is 3.19. The number of nitrogens with two attached hydrogens (primary N) is 1. The van der Waals surface area contributed by atoms with Crippen molar-refractivity contribution in [2.45, 2.75) is 29.9 Å². The van der Waals surface area contributed by atoms with Gasteiger partial charge in [-0.15, -0.1) is 12.4 Å². The highest BCUT2D eigenvalue weighted by atomic mass is 35.5. The fraction of sp³-hybridized carbons (Fsp3) is 0.467. The van der Waals surface area contributed by atoms with Gasteiger partial charge >= 0.3 is 0 Å². The Balaban J connectivity index is 0.00000338. The van der Waals surface area contributed by atoms with Gasteiger partial charge in [-0.1, -0.05) is 6.07 Å². The molecule has 1 heterocycles. The van der Waals surface area contributed by atoms with E-state index in [1.807, 2.05) is 0 Å². The predicted octanol–water partition coefficient (Wildman–Crippen LogP) is -0.422. The van der Waals surface area contributed by atoms with Crippen LogP contribution < -0.4 is 21.1 Å². The van der Waals surface area contributed by atoms with E-state index in [0.717, 1.165) is 0 Å². The van der Waals surface area contributed by atoms with Gasteiger partial charge in [-0.05, 0) is 38.1 Å². The number of hydrogen-bond acceptors (Lipinski definition) is 6. The summed E-state index contributed by atoms with van der Waals surface area (Å²) in [5, 5.41) is 5.04. The van der Waals surface area contributed by atoms with Crippen molar-refractivity contribution >= 4 is 39.9 Å². The van der Waals surface area contributed by atoms with Crippen molar-refractivity contribution in [2.75, 3.05) is 25.5 Å². The SMILES string of the molecule is CNS(=O)(=O)c1cccc(NC(=O)CNC(=O)[C@@H]2CC[C@H](CN)O2)c1.Cl. The number of benzene rings is 1. The number of ether oxygens (including phenoxy) is 1. The highest BCUT2D eigenvalue weighted by Gasteiger charge is 2.29. The van der Waals surface area contributed by atoms with Gasteiger partial charge in [0.25, 0.3) is 0 Å². The third kappa shape index (κ3) is 5.92. The van der Waals surface area contributed by atoms with Gasteiger partial charge < -0.3 is 21.1 Å².